The standard InChI is InChI=1S/C50H92N2O4/c1-7-9-11-13-15-17-19-21-23-25-27-29-31-33-35-37-41-47(55-49(53)43-39-45-51(3)4)48(56-50(54)44-40-46-52(5)6)42-38-36-34-32-30-28-26-24-22-20-18-16-14-12-10-8-2/h15-18,21-24,47-48H,7-14,19-20,25-46H2,1-6H3/b17-15-,18-16-,23-21-,24-22-. The molecule has 0 aromatic carbocycles. The Kier molecular flexibility index (Phi) is 40.8. The number of carbonyl (C=O) groups is 2. The molecule has 0 bridgehead atoms. The molecule has 0 aromatic rings. The van der Waals surface area contributed by atoms with E-state index in [-0.39, 0.29) is 24.1 Å². The fraction of sp³-hybridized carbons (Fsp3) is 0.800. The van der Waals surface area contributed by atoms with Crippen molar-refractivity contribution in [3.63, 3.8) is 0 Å². The van der Waals surface area contributed by atoms with E-state index in [9.17, 15) is 9.59 Å². The summed E-state index contributed by atoms with van der Waals surface area (Å²) in [6.45, 7) is 6.21. The third kappa shape index (κ3) is 40.0. The average molecular weight is 785 g/mol. The minimum atomic E-state index is -0.372. The SMILES string of the molecule is CCCCC/C=C\C/C=C\CCCCCCCCC(OC(=O)CCCN(C)C)C(CCCCCCCC/C=C\C/C=C\CCCCC)OC(=O)CCCN(C)C. The number of rotatable bonds is 41. The van der Waals surface area contributed by atoms with Crippen LogP contribution in [0.15, 0.2) is 48.6 Å². The number of ether oxygens (including phenoxy) is 2. The van der Waals surface area contributed by atoms with Crippen molar-refractivity contribution in [2.75, 3.05) is 41.3 Å². The van der Waals surface area contributed by atoms with Gasteiger partial charge in [-0.2, -0.15) is 0 Å². The summed E-state index contributed by atoms with van der Waals surface area (Å²) >= 11 is 0. The van der Waals surface area contributed by atoms with Crippen LogP contribution in [0.1, 0.15) is 206 Å². The van der Waals surface area contributed by atoms with Crippen LogP contribution in [0.25, 0.3) is 0 Å². The van der Waals surface area contributed by atoms with Gasteiger partial charge in [0.15, 0.2) is 0 Å². The fourth-order valence-corrected chi connectivity index (χ4v) is 6.84. The van der Waals surface area contributed by atoms with Crippen LogP contribution in [0.4, 0.5) is 0 Å². The zero-order valence-electron chi connectivity index (χ0n) is 37.9. The zero-order valence-corrected chi connectivity index (χ0v) is 37.9. The lowest BCUT2D eigenvalue weighted by molar-refractivity contribution is -0.169. The molecule has 0 fully saturated rings. The van der Waals surface area contributed by atoms with Crippen molar-refractivity contribution in [2.24, 2.45) is 0 Å². The molecule has 0 aliphatic heterocycles. The Morgan fingerprint density at radius 2 is 0.714 bits per heavy atom. The molecule has 0 aliphatic carbocycles. The lowest BCUT2D eigenvalue weighted by Crippen LogP contribution is -2.36. The summed E-state index contributed by atoms with van der Waals surface area (Å²) in [4.78, 5) is 30.3. The van der Waals surface area contributed by atoms with E-state index >= 15 is 0 Å². The van der Waals surface area contributed by atoms with Gasteiger partial charge in [-0.15, -0.1) is 0 Å². The van der Waals surface area contributed by atoms with Crippen molar-refractivity contribution in [1.29, 1.82) is 0 Å². The molecule has 0 N–H and O–H groups in total. The molecule has 2 atom stereocenters. The molecule has 0 aromatic heterocycles. The average Bonchev–Trinajstić information content (AvgIpc) is 3.16. The quantitative estimate of drug-likeness (QED) is 0.0350. The van der Waals surface area contributed by atoms with E-state index < -0.39 is 0 Å². The van der Waals surface area contributed by atoms with Gasteiger partial charge in [0.05, 0.1) is 0 Å². The van der Waals surface area contributed by atoms with Crippen molar-refractivity contribution in [2.45, 2.75) is 219 Å². The maximum absolute atomic E-state index is 13.1. The van der Waals surface area contributed by atoms with Gasteiger partial charge < -0.3 is 19.3 Å². The highest BCUT2D eigenvalue weighted by atomic mass is 16.6. The highest BCUT2D eigenvalue weighted by Crippen LogP contribution is 2.22. The third-order valence-corrected chi connectivity index (χ3v) is 10.3. The predicted molar refractivity (Wildman–Crippen MR) is 243 cm³/mol. The van der Waals surface area contributed by atoms with Crippen LogP contribution in [-0.4, -0.2) is 75.2 Å². The number of allylic oxidation sites excluding steroid dienone is 8. The number of carbonyl (C=O) groups excluding carboxylic acids is 2. The van der Waals surface area contributed by atoms with Gasteiger partial charge in [-0.1, -0.05) is 140 Å². The van der Waals surface area contributed by atoms with Gasteiger partial charge in [0.1, 0.15) is 12.2 Å². The highest BCUT2D eigenvalue weighted by molar-refractivity contribution is 5.70. The van der Waals surface area contributed by atoms with Crippen LogP contribution in [0.3, 0.4) is 0 Å². The Balaban J connectivity index is 4.90. The third-order valence-electron chi connectivity index (χ3n) is 10.3. The fourth-order valence-electron chi connectivity index (χ4n) is 6.84. The van der Waals surface area contributed by atoms with Crippen molar-refractivity contribution in [1.82, 2.24) is 9.80 Å². The first-order valence-corrected chi connectivity index (χ1v) is 23.6. The molecule has 6 heteroatoms. The van der Waals surface area contributed by atoms with Crippen LogP contribution in [-0.2, 0) is 19.1 Å². The molecule has 56 heavy (non-hydrogen) atoms. The summed E-state index contributed by atoms with van der Waals surface area (Å²) in [5, 5.41) is 0. The number of unbranched alkanes of at least 4 members (excludes halogenated alkanes) is 18. The molecule has 6 nitrogen and oxygen atoms in total. The molecular formula is C50H92N2O4. The first-order valence-electron chi connectivity index (χ1n) is 23.6. The molecule has 0 heterocycles. The van der Waals surface area contributed by atoms with E-state index in [1.54, 1.807) is 0 Å². The summed E-state index contributed by atoms with van der Waals surface area (Å²) in [6.07, 6.45) is 50.3. The summed E-state index contributed by atoms with van der Waals surface area (Å²) < 4.78 is 12.4. The maximum Gasteiger partial charge on any atom is 0.306 e. The van der Waals surface area contributed by atoms with Crippen molar-refractivity contribution >= 4 is 11.9 Å². The van der Waals surface area contributed by atoms with Crippen LogP contribution in [0, 0.1) is 0 Å². The summed E-state index contributed by atoms with van der Waals surface area (Å²) in [5.74, 6) is -0.329. The van der Waals surface area contributed by atoms with Crippen LogP contribution in [0.5, 0.6) is 0 Å². The number of nitrogens with zero attached hydrogens (tertiary/aromatic N) is 2. The summed E-state index contributed by atoms with van der Waals surface area (Å²) in [7, 11) is 8.10. The van der Waals surface area contributed by atoms with Gasteiger partial charge in [-0.3, -0.25) is 9.59 Å². The van der Waals surface area contributed by atoms with Crippen molar-refractivity contribution < 1.29 is 19.1 Å². The van der Waals surface area contributed by atoms with Crippen molar-refractivity contribution in [3.05, 3.63) is 48.6 Å². The Morgan fingerprint density at radius 3 is 1.04 bits per heavy atom. The predicted octanol–water partition coefficient (Wildman–Crippen LogP) is 13.9. The van der Waals surface area contributed by atoms with Gasteiger partial charge in [-0.25, -0.2) is 0 Å². The maximum atomic E-state index is 13.1. The Morgan fingerprint density at radius 1 is 0.411 bits per heavy atom. The second kappa shape index (κ2) is 42.4. The van der Waals surface area contributed by atoms with Crippen molar-refractivity contribution in [3.8, 4) is 0 Å². The molecule has 0 amide bonds. The Hall–Kier alpha value is -2.18. The molecule has 2 unspecified atom stereocenters. The molecule has 0 saturated heterocycles. The first-order chi connectivity index (χ1) is 27.3. The normalized spacial score (nSPS) is 13.4. The minimum absolute atomic E-state index is 0.164. The lowest BCUT2D eigenvalue weighted by atomic mass is 9.98. The topological polar surface area (TPSA) is 59.1 Å². The zero-order chi connectivity index (χ0) is 41.2. The molecule has 0 saturated carbocycles. The van der Waals surface area contributed by atoms with Gasteiger partial charge in [0.2, 0.25) is 0 Å². The molecular weight excluding hydrogens is 693 g/mol. The van der Waals surface area contributed by atoms with Crippen LogP contribution >= 0.6 is 0 Å². The molecule has 326 valence electrons. The molecule has 0 spiro atoms. The monoisotopic (exact) mass is 785 g/mol. The number of hydrogen-bond acceptors (Lipinski definition) is 6. The lowest BCUT2D eigenvalue weighted by Gasteiger charge is -2.28. The largest absolute Gasteiger partial charge is 0.458 e. The second-order valence-corrected chi connectivity index (χ2v) is 16.6. The Labute approximate surface area is 348 Å². The Bertz CT molecular complexity index is 908. The molecule has 0 radical (unpaired) electrons. The van der Waals surface area contributed by atoms with Gasteiger partial charge >= 0.3 is 11.9 Å². The smallest absolute Gasteiger partial charge is 0.306 e. The number of esters is 2. The van der Waals surface area contributed by atoms with Crippen LogP contribution in [0.2, 0.25) is 0 Å². The summed E-state index contributed by atoms with van der Waals surface area (Å²) in [5.41, 5.74) is 0. The minimum Gasteiger partial charge on any atom is -0.458 e. The van der Waals surface area contributed by atoms with E-state index in [4.69, 9.17) is 9.47 Å². The molecule has 0 rings (SSSR count). The van der Waals surface area contributed by atoms with Gasteiger partial charge in [0.25, 0.3) is 0 Å². The summed E-state index contributed by atoms with van der Waals surface area (Å²) in [6, 6.07) is 0. The van der Waals surface area contributed by atoms with Gasteiger partial charge in [0, 0.05) is 12.8 Å². The van der Waals surface area contributed by atoms with E-state index in [1.807, 2.05) is 28.2 Å². The van der Waals surface area contributed by atoms with E-state index in [1.165, 1.54) is 103 Å². The van der Waals surface area contributed by atoms with E-state index in [2.05, 4.69) is 72.3 Å². The highest BCUT2D eigenvalue weighted by Gasteiger charge is 2.28. The van der Waals surface area contributed by atoms with Gasteiger partial charge in [-0.05, 0) is 144 Å². The van der Waals surface area contributed by atoms with E-state index in [0.717, 1.165) is 90.1 Å². The van der Waals surface area contributed by atoms with E-state index in [0.29, 0.717) is 12.8 Å². The van der Waals surface area contributed by atoms with Crippen LogP contribution < -0.4 is 0 Å². The first kappa shape index (κ1) is 53.8. The number of hydrogen-bond donors (Lipinski definition) is 0. The second-order valence-electron chi connectivity index (χ2n) is 16.6. The molecule has 0 aliphatic rings.